The number of carbonyl (C=O) groups is 1. The van der Waals surface area contributed by atoms with Gasteiger partial charge in [0, 0.05) is 21.6 Å². The summed E-state index contributed by atoms with van der Waals surface area (Å²) in [6, 6.07) is 22.2. The Balaban J connectivity index is 1.67. The van der Waals surface area contributed by atoms with Crippen LogP contribution in [0.15, 0.2) is 82.1 Å². The Labute approximate surface area is 179 Å². The normalized spacial score (nSPS) is 10.7. The van der Waals surface area contributed by atoms with E-state index in [4.69, 9.17) is 4.42 Å². The number of nitrogens with one attached hydrogen (secondary N) is 1. The Morgan fingerprint density at radius 2 is 1.80 bits per heavy atom. The number of hydrogen-bond donors (Lipinski definition) is 3. The van der Waals surface area contributed by atoms with Crippen LogP contribution >= 0.6 is 12.6 Å². The van der Waals surface area contributed by atoms with Crippen molar-refractivity contribution in [1.82, 2.24) is 4.98 Å². The Hall–Kier alpha value is -3.51. The molecule has 30 heavy (non-hydrogen) atoms. The number of hydrogen-bond acceptors (Lipinski definition) is 5. The fourth-order valence-electron chi connectivity index (χ4n) is 3.13. The first kappa shape index (κ1) is 19.8. The number of aromatic nitrogens is 1. The van der Waals surface area contributed by atoms with Crippen LogP contribution in [0.4, 0.5) is 5.88 Å². The zero-order valence-electron chi connectivity index (χ0n) is 16.3. The summed E-state index contributed by atoms with van der Waals surface area (Å²) in [5, 5.41) is 12.9. The summed E-state index contributed by atoms with van der Waals surface area (Å²) in [6.45, 7) is 1.88. The van der Waals surface area contributed by atoms with Gasteiger partial charge in [0.25, 0.3) is 0 Å². The van der Waals surface area contributed by atoms with Crippen molar-refractivity contribution in [1.29, 1.82) is 0 Å². The zero-order valence-corrected chi connectivity index (χ0v) is 17.2. The number of nitrogens with zero attached hydrogens (tertiary/aromatic N) is 1. The van der Waals surface area contributed by atoms with Gasteiger partial charge >= 0.3 is 0 Å². The number of aromatic hydroxyl groups is 1. The lowest BCUT2D eigenvalue weighted by Gasteiger charge is -2.07. The first-order chi connectivity index (χ1) is 14.5. The summed E-state index contributed by atoms with van der Waals surface area (Å²) < 4.78 is 5.92. The molecule has 0 spiro atoms. The van der Waals surface area contributed by atoms with E-state index in [1.54, 1.807) is 12.1 Å². The average Bonchev–Trinajstić information content (AvgIpc) is 3.14. The molecule has 4 rings (SSSR count). The summed E-state index contributed by atoms with van der Waals surface area (Å²) >= 11 is 4.40. The van der Waals surface area contributed by atoms with Gasteiger partial charge in [-0.3, -0.25) is 10.1 Å². The van der Waals surface area contributed by atoms with Crippen molar-refractivity contribution in [2.45, 2.75) is 18.2 Å². The van der Waals surface area contributed by atoms with Crippen LogP contribution < -0.4 is 5.32 Å². The maximum atomic E-state index is 12.7. The number of oxazole rings is 1. The average molecular weight is 417 g/mol. The van der Waals surface area contributed by atoms with E-state index in [2.05, 4.69) is 22.9 Å². The maximum absolute atomic E-state index is 12.7. The van der Waals surface area contributed by atoms with Crippen LogP contribution in [0.5, 0.6) is 5.75 Å². The first-order valence-electron chi connectivity index (χ1n) is 9.43. The van der Waals surface area contributed by atoms with Gasteiger partial charge in [-0.05, 0) is 42.8 Å². The molecule has 4 aromatic rings. The zero-order chi connectivity index (χ0) is 21.1. The minimum Gasteiger partial charge on any atom is -0.508 e. The fourth-order valence-corrected chi connectivity index (χ4v) is 3.35. The van der Waals surface area contributed by atoms with Crippen molar-refractivity contribution in [3.63, 3.8) is 0 Å². The highest BCUT2D eigenvalue weighted by Crippen LogP contribution is 2.34. The van der Waals surface area contributed by atoms with E-state index in [9.17, 15) is 9.90 Å². The van der Waals surface area contributed by atoms with Crippen molar-refractivity contribution >= 4 is 24.4 Å². The van der Waals surface area contributed by atoms with Gasteiger partial charge in [0.1, 0.15) is 11.4 Å². The van der Waals surface area contributed by atoms with Crippen molar-refractivity contribution in [3.05, 3.63) is 83.9 Å². The number of aryl methyl sites for hydroxylation is 1. The molecule has 6 heteroatoms. The molecular weight excluding hydrogens is 396 g/mol. The number of rotatable bonds is 5. The molecule has 2 N–H and O–H groups in total. The molecule has 0 radical (unpaired) electrons. The molecule has 1 heterocycles. The smallest absolute Gasteiger partial charge is 0.231 e. The highest BCUT2D eigenvalue weighted by atomic mass is 32.1. The molecule has 1 amide bonds. The molecule has 0 fully saturated rings. The summed E-state index contributed by atoms with van der Waals surface area (Å²) in [5.74, 6) is 0.442. The molecule has 0 atom stereocenters. The van der Waals surface area contributed by atoms with Crippen LogP contribution in [0.1, 0.15) is 11.1 Å². The second kappa shape index (κ2) is 8.47. The SMILES string of the molecule is Cc1ccc(CC(=O)Nc2oc(-c3ccccc3)nc2-c2cccc(S)c2)c(O)c1. The fraction of sp³-hybridized carbons (Fsp3) is 0.0833. The summed E-state index contributed by atoms with van der Waals surface area (Å²) in [4.78, 5) is 18.1. The van der Waals surface area contributed by atoms with Crippen LogP contribution in [0.3, 0.4) is 0 Å². The van der Waals surface area contributed by atoms with Gasteiger partial charge in [0.15, 0.2) is 0 Å². The largest absolute Gasteiger partial charge is 0.508 e. The van der Waals surface area contributed by atoms with Crippen LogP contribution in [0.25, 0.3) is 22.7 Å². The minimum atomic E-state index is -0.312. The molecule has 0 aliphatic carbocycles. The van der Waals surface area contributed by atoms with Gasteiger partial charge in [-0.25, -0.2) is 4.98 Å². The van der Waals surface area contributed by atoms with E-state index in [-0.39, 0.29) is 24.0 Å². The monoisotopic (exact) mass is 416 g/mol. The lowest BCUT2D eigenvalue weighted by atomic mass is 10.1. The molecule has 150 valence electrons. The van der Waals surface area contributed by atoms with Crippen molar-refractivity contribution in [3.8, 4) is 28.5 Å². The van der Waals surface area contributed by atoms with Crippen LogP contribution in [-0.2, 0) is 11.2 Å². The standard InChI is InChI=1S/C24H20N2O3S/c1-15-10-11-17(20(27)12-15)14-21(28)25-24-22(18-8-5-9-19(30)13-18)26-23(29-24)16-6-3-2-4-7-16/h2-13,27,30H,14H2,1H3,(H,25,28). The van der Waals surface area contributed by atoms with Crippen molar-refractivity contribution in [2.75, 3.05) is 5.32 Å². The molecule has 0 unspecified atom stereocenters. The molecule has 1 aromatic heterocycles. The number of benzene rings is 3. The van der Waals surface area contributed by atoms with Crippen LogP contribution in [0, 0.1) is 6.92 Å². The number of phenols is 1. The third-order valence-corrected chi connectivity index (χ3v) is 4.89. The van der Waals surface area contributed by atoms with Crippen molar-refractivity contribution < 1.29 is 14.3 Å². The molecule has 0 saturated heterocycles. The number of amides is 1. The van der Waals surface area contributed by atoms with Gasteiger partial charge in [-0.2, -0.15) is 0 Å². The lowest BCUT2D eigenvalue weighted by Crippen LogP contribution is -2.14. The van der Waals surface area contributed by atoms with Gasteiger partial charge in [0.05, 0.1) is 6.42 Å². The minimum absolute atomic E-state index is 0.0134. The molecule has 3 aromatic carbocycles. The Bertz CT molecular complexity index is 1200. The number of phenolic OH excluding ortho intramolecular Hbond substituents is 1. The second-order valence-electron chi connectivity index (χ2n) is 6.97. The van der Waals surface area contributed by atoms with E-state index in [0.717, 1.165) is 21.6 Å². The highest BCUT2D eigenvalue weighted by Gasteiger charge is 2.19. The molecule has 0 bridgehead atoms. The van der Waals surface area contributed by atoms with Crippen molar-refractivity contribution in [2.24, 2.45) is 0 Å². The number of anilines is 1. The predicted octanol–water partition coefficient (Wildman–Crippen LogP) is 5.49. The van der Waals surface area contributed by atoms with Gasteiger partial charge in [-0.1, -0.05) is 42.5 Å². The Kier molecular flexibility index (Phi) is 5.59. The molecule has 0 saturated carbocycles. The van der Waals surface area contributed by atoms with E-state index in [1.165, 1.54) is 0 Å². The first-order valence-corrected chi connectivity index (χ1v) is 9.88. The van der Waals surface area contributed by atoms with E-state index in [1.807, 2.05) is 67.6 Å². The predicted molar refractivity (Wildman–Crippen MR) is 120 cm³/mol. The number of carbonyl (C=O) groups excluding carboxylic acids is 1. The van der Waals surface area contributed by atoms with Gasteiger partial charge in [-0.15, -0.1) is 12.6 Å². The van der Waals surface area contributed by atoms with Gasteiger partial charge < -0.3 is 9.52 Å². The Morgan fingerprint density at radius 1 is 1.03 bits per heavy atom. The van der Waals surface area contributed by atoms with Gasteiger partial charge in [0.2, 0.25) is 17.7 Å². The quantitative estimate of drug-likeness (QED) is 0.376. The third kappa shape index (κ3) is 4.39. The topological polar surface area (TPSA) is 75.4 Å². The third-order valence-electron chi connectivity index (χ3n) is 4.61. The second-order valence-corrected chi connectivity index (χ2v) is 7.49. The number of thiol groups is 1. The molecule has 5 nitrogen and oxygen atoms in total. The molecule has 0 aliphatic heterocycles. The summed E-state index contributed by atoms with van der Waals surface area (Å²) in [7, 11) is 0. The van der Waals surface area contributed by atoms with Crippen LogP contribution in [-0.4, -0.2) is 16.0 Å². The molecular formula is C24H20N2O3S. The van der Waals surface area contributed by atoms with E-state index in [0.29, 0.717) is 17.1 Å². The van der Waals surface area contributed by atoms with E-state index < -0.39 is 0 Å². The summed E-state index contributed by atoms with van der Waals surface area (Å²) in [6.07, 6.45) is 0.0134. The maximum Gasteiger partial charge on any atom is 0.231 e. The molecule has 0 aliphatic rings. The summed E-state index contributed by atoms with van der Waals surface area (Å²) in [5.41, 5.74) is 3.57. The van der Waals surface area contributed by atoms with E-state index >= 15 is 0 Å². The van der Waals surface area contributed by atoms with Crippen LogP contribution in [0.2, 0.25) is 0 Å². The Morgan fingerprint density at radius 3 is 2.53 bits per heavy atom. The lowest BCUT2D eigenvalue weighted by molar-refractivity contribution is -0.115. The highest BCUT2D eigenvalue weighted by molar-refractivity contribution is 7.80.